The molecule has 0 aliphatic rings. The van der Waals surface area contributed by atoms with E-state index in [0.717, 1.165) is 11.3 Å². The molecule has 0 saturated heterocycles. The topological polar surface area (TPSA) is 38.1 Å². The number of aliphatic hydroxyl groups is 1. The van der Waals surface area contributed by atoms with Crippen LogP contribution in [0.4, 0.5) is 0 Å². The Balaban J connectivity index is 2.79. The maximum Gasteiger partial charge on any atom is 0.0553 e. The molecule has 1 heterocycles. The molecule has 0 bridgehead atoms. The van der Waals surface area contributed by atoms with Gasteiger partial charge in [-0.15, -0.1) is 0 Å². The predicted octanol–water partition coefficient (Wildman–Crippen LogP) is 0.652. The minimum absolute atomic E-state index is 0.280. The fraction of sp³-hybridized carbons (Fsp3) is 0.625. The van der Waals surface area contributed by atoms with Crippen LogP contribution in [0.5, 0.6) is 0 Å². The SMILES string of the molecule is Cc1c(CC(C)O)cnn1C. The van der Waals surface area contributed by atoms with Crippen LogP contribution >= 0.6 is 0 Å². The van der Waals surface area contributed by atoms with E-state index >= 15 is 0 Å². The Morgan fingerprint density at radius 3 is 2.73 bits per heavy atom. The predicted molar refractivity (Wildman–Crippen MR) is 43.3 cm³/mol. The molecule has 0 radical (unpaired) electrons. The van der Waals surface area contributed by atoms with Crippen LogP contribution < -0.4 is 0 Å². The first kappa shape index (κ1) is 8.27. The van der Waals surface area contributed by atoms with Gasteiger partial charge in [0.25, 0.3) is 0 Å². The molecule has 1 aromatic heterocycles. The van der Waals surface area contributed by atoms with Crippen LogP contribution in [0.2, 0.25) is 0 Å². The molecule has 11 heavy (non-hydrogen) atoms. The molecule has 62 valence electrons. The van der Waals surface area contributed by atoms with Gasteiger partial charge in [0.1, 0.15) is 0 Å². The molecule has 0 aliphatic heterocycles. The van der Waals surface area contributed by atoms with Crippen LogP contribution in [-0.4, -0.2) is 21.0 Å². The van der Waals surface area contributed by atoms with Gasteiger partial charge in [-0.2, -0.15) is 5.10 Å². The van der Waals surface area contributed by atoms with Crippen molar-refractivity contribution in [1.29, 1.82) is 0 Å². The van der Waals surface area contributed by atoms with Gasteiger partial charge < -0.3 is 5.11 Å². The van der Waals surface area contributed by atoms with Crippen molar-refractivity contribution < 1.29 is 5.11 Å². The highest BCUT2D eigenvalue weighted by Gasteiger charge is 2.05. The monoisotopic (exact) mass is 154 g/mol. The molecular formula is C8H14N2O. The largest absolute Gasteiger partial charge is 0.393 e. The summed E-state index contributed by atoms with van der Waals surface area (Å²) in [5.41, 5.74) is 2.26. The van der Waals surface area contributed by atoms with Crippen molar-refractivity contribution in [3.8, 4) is 0 Å². The molecule has 3 nitrogen and oxygen atoms in total. The maximum atomic E-state index is 9.10. The number of hydrogen-bond acceptors (Lipinski definition) is 2. The van der Waals surface area contributed by atoms with E-state index in [-0.39, 0.29) is 6.10 Å². The van der Waals surface area contributed by atoms with Crippen molar-refractivity contribution in [2.24, 2.45) is 7.05 Å². The fourth-order valence-corrected chi connectivity index (χ4v) is 1.06. The molecule has 0 aliphatic carbocycles. The molecule has 3 heteroatoms. The third-order valence-corrected chi connectivity index (χ3v) is 1.85. The van der Waals surface area contributed by atoms with E-state index in [0.29, 0.717) is 6.42 Å². The summed E-state index contributed by atoms with van der Waals surface area (Å²) < 4.78 is 1.82. The molecule has 0 aromatic carbocycles. The van der Waals surface area contributed by atoms with Gasteiger partial charge in [-0.05, 0) is 19.4 Å². The molecule has 1 aromatic rings. The van der Waals surface area contributed by atoms with E-state index in [9.17, 15) is 0 Å². The highest BCUT2D eigenvalue weighted by molar-refractivity contribution is 5.16. The Kier molecular flexibility index (Phi) is 2.29. The summed E-state index contributed by atoms with van der Waals surface area (Å²) in [6.45, 7) is 3.79. The molecule has 1 N–H and O–H groups in total. The van der Waals surface area contributed by atoms with Crippen molar-refractivity contribution in [3.05, 3.63) is 17.5 Å². The van der Waals surface area contributed by atoms with Crippen LogP contribution in [0, 0.1) is 6.92 Å². The summed E-state index contributed by atoms with van der Waals surface area (Å²) in [6.07, 6.45) is 2.22. The summed E-state index contributed by atoms with van der Waals surface area (Å²) in [7, 11) is 1.90. The Morgan fingerprint density at radius 2 is 2.36 bits per heavy atom. The summed E-state index contributed by atoms with van der Waals surface area (Å²) in [4.78, 5) is 0. The first-order chi connectivity index (χ1) is 5.11. The summed E-state index contributed by atoms with van der Waals surface area (Å²) in [5.74, 6) is 0. The van der Waals surface area contributed by atoms with Crippen LogP contribution in [0.3, 0.4) is 0 Å². The van der Waals surface area contributed by atoms with Gasteiger partial charge in [-0.25, -0.2) is 0 Å². The van der Waals surface area contributed by atoms with Crippen LogP contribution in [0.15, 0.2) is 6.20 Å². The van der Waals surface area contributed by atoms with Crippen molar-refractivity contribution in [2.75, 3.05) is 0 Å². The molecule has 1 atom stereocenters. The van der Waals surface area contributed by atoms with Crippen molar-refractivity contribution >= 4 is 0 Å². The second-order valence-electron chi connectivity index (χ2n) is 2.93. The van der Waals surface area contributed by atoms with Crippen LogP contribution in [0.1, 0.15) is 18.2 Å². The van der Waals surface area contributed by atoms with E-state index in [1.165, 1.54) is 0 Å². The van der Waals surface area contributed by atoms with Crippen molar-refractivity contribution in [1.82, 2.24) is 9.78 Å². The van der Waals surface area contributed by atoms with Crippen molar-refractivity contribution in [3.63, 3.8) is 0 Å². The average molecular weight is 154 g/mol. The third kappa shape index (κ3) is 1.80. The number of aryl methyl sites for hydroxylation is 1. The lowest BCUT2D eigenvalue weighted by Gasteiger charge is -2.02. The standard InChI is InChI=1S/C8H14N2O/c1-6(11)4-8-5-9-10(3)7(8)2/h5-6,11H,4H2,1-3H3. The summed E-state index contributed by atoms with van der Waals surface area (Å²) >= 11 is 0. The van der Waals surface area contributed by atoms with Gasteiger partial charge in [0, 0.05) is 19.2 Å². The smallest absolute Gasteiger partial charge is 0.0553 e. The highest BCUT2D eigenvalue weighted by Crippen LogP contribution is 2.07. The zero-order chi connectivity index (χ0) is 8.43. The summed E-state index contributed by atoms with van der Waals surface area (Å²) in [6, 6.07) is 0. The number of aliphatic hydroxyl groups excluding tert-OH is 1. The molecule has 1 rings (SSSR count). The zero-order valence-electron chi connectivity index (χ0n) is 7.20. The number of nitrogens with zero attached hydrogens (tertiary/aromatic N) is 2. The van der Waals surface area contributed by atoms with E-state index in [1.807, 2.05) is 24.9 Å². The lowest BCUT2D eigenvalue weighted by Crippen LogP contribution is -2.05. The van der Waals surface area contributed by atoms with Gasteiger partial charge in [-0.1, -0.05) is 0 Å². The fourth-order valence-electron chi connectivity index (χ4n) is 1.06. The van der Waals surface area contributed by atoms with Gasteiger partial charge in [-0.3, -0.25) is 4.68 Å². The Labute approximate surface area is 66.7 Å². The lowest BCUT2D eigenvalue weighted by atomic mass is 10.1. The molecule has 0 saturated carbocycles. The normalized spacial score (nSPS) is 13.5. The minimum Gasteiger partial charge on any atom is -0.393 e. The summed E-state index contributed by atoms with van der Waals surface area (Å²) in [5, 5.41) is 13.2. The highest BCUT2D eigenvalue weighted by atomic mass is 16.3. The average Bonchev–Trinajstić information content (AvgIpc) is 2.18. The van der Waals surface area contributed by atoms with Gasteiger partial charge in [0.05, 0.1) is 12.3 Å². The van der Waals surface area contributed by atoms with Crippen LogP contribution in [-0.2, 0) is 13.5 Å². The Morgan fingerprint density at radius 1 is 1.73 bits per heavy atom. The van der Waals surface area contributed by atoms with E-state index in [2.05, 4.69) is 5.10 Å². The maximum absolute atomic E-state index is 9.10. The quantitative estimate of drug-likeness (QED) is 0.679. The molecule has 0 spiro atoms. The molecular weight excluding hydrogens is 140 g/mol. The molecule has 0 amide bonds. The Bertz CT molecular complexity index is 240. The first-order valence-electron chi connectivity index (χ1n) is 3.77. The minimum atomic E-state index is -0.280. The third-order valence-electron chi connectivity index (χ3n) is 1.85. The van der Waals surface area contributed by atoms with E-state index in [1.54, 1.807) is 6.92 Å². The lowest BCUT2D eigenvalue weighted by molar-refractivity contribution is 0.195. The van der Waals surface area contributed by atoms with Gasteiger partial charge in [0.2, 0.25) is 0 Å². The second kappa shape index (κ2) is 3.05. The van der Waals surface area contributed by atoms with Gasteiger partial charge in [0.15, 0.2) is 0 Å². The van der Waals surface area contributed by atoms with Gasteiger partial charge >= 0.3 is 0 Å². The number of hydrogen-bond donors (Lipinski definition) is 1. The molecule has 1 unspecified atom stereocenters. The van der Waals surface area contributed by atoms with Crippen LogP contribution in [0.25, 0.3) is 0 Å². The first-order valence-corrected chi connectivity index (χ1v) is 3.77. The van der Waals surface area contributed by atoms with E-state index < -0.39 is 0 Å². The zero-order valence-corrected chi connectivity index (χ0v) is 7.20. The second-order valence-corrected chi connectivity index (χ2v) is 2.93. The van der Waals surface area contributed by atoms with Crippen molar-refractivity contribution in [2.45, 2.75) is 26.4 Å². The number of aromatic nitrogens is 2. The Hall–Kier alpha value is -0.830. The number of rotatable bonds is 2. The molecule has 0 fully saturated rings. The van der Waals surface area contributed by atoms with E-state index in [4.69, 9.17) is 5.11 Å².